The van der Waals surface area contributed by atoms with Crippen LogP contribution in [0.1, 0.15) is 12.2 Å². The number of anilines is 2. The Bertz CT molecular complexity index is 818. The molecule has 0 saturated carbocycles. The first kappa shape index (κ1) is 15.2. The normalized spacial score (nSPS) is 15.9. The zero-order valence-corrected chi connectivity index (χ0v) is 14.2. The number of methoxy groups -OCH3 is 1. The van der Waals surface area contributed by atoms with Crippen molar-refractivity contribution in [2.24, 2.45) is 0 Å². The Morgan fingerprint density at radius 2 is 2.08 bits per heavy atom. The van der Waals surface area contributed by atoms with Gasteiger partial charge in [-0.3, -0.25) is 4.40 Å². The monoisotopic (exact) mass is 346 g/mol. The van der Waals surface area contributed by atoms with Gasteiger partial charge >= 0.3 is 0 Å². The molecule has 0 amide bonds. The van der Waals surface area contributed by atoms with Gasteiger partial charge < -0.3 is 14.5 Å². The van der Waals surface area contributed by atoms with Crippen LogP contribution >= 0.6 is 11.5 Å². The van der Waals surface area contributed by atoms with E-state index >= 15 is 0 Å². The van der Waals surface area contributed by atoms with E-state index in [0.29, 0.717) is 6.61 Å². The van der Waals surface area contributed by atoms with Crippen molar-refractivity contribution in [3.63, 3.8) is 0 Å². The Labute approximate surface area is 143 Å². The molecule has 10 heteroatoms. The van der Waals surface area contributed by atoms with E-state index in [1.165, 1.54) is 11.5 Å². The van der Waals surface area contributed by atoms with E-state index in [-0.39, 0.29) is 0 Å². The summed E-state index contributed by atoms with van der Waals surface area (Å²) in [4.78, 5) is 13.6. The molecule has 24 heavy (non-hydrogen) atoms. The molecule has 3 aromatic heterocycles. The third-order valence-corrected chi connectivity index (χ3v) is 4.81. The summed E-state index contributed by atoms with van der Waals surface area (Å²) in [6.45, 7) is 4.07. The average Bonchev–Trinajstić information content (AvgIpc) is 3.19. The van der Waals surface area contributed by atoms with Crippen LogP contribution in [0, 0.1) is 0 Å². The number of nitrogens with zero attached hydrogens (tertiary/aromatic N) is 8. The maximum absolute atomic E-state index is 5.09. The van der Waals surface area contributed by atoms with Gasteiger partial charge in [0.1, 0.15) is 12.9 Å². The van der Waals surface area contributed by atoms with Crippen molar-refractivity contribution in [2.75, 3.05) is 43.1 Å². The quantitative estimate of drug-likeness (QED) is 0.687. The molecular formula is C14H18N8OS. The van der Waals surface area contributed by atoms with Crippen LogP contribution in [0.2, 0.25) is 0 Å². The van der Waals surface area contributed by atoms with Crippen molar-refractivity contribution in [1.29, 1.82) is 0 Å². The van der Waals surface area contributed by atoms with Crippen molar-refractivity contribution in [1.82, 2.24) is 28.9 Å². The van der Waals surface area contributed by atoms with E-state index in [1.54, 1.807) is 19.6 Å². The lowest BCUT2D eigenvalue weighted by Crippen LogP contribution is -2.31. The summed E-state index contributed by atoms with van der Waals surface area (Å²) in [6, 6.07) is 0. The molecule has 126 valence electrons. The van der Waals surface area contributed by atoms with E-state index < -0.39 is 0 Å². The number of ether oxygens (including phenoxy) is 1. The molecule has 9 nitrogen and oxygen atoms in total. The minimum absolute atomic E-state index is 0.454. The molecule has 0 N–H and O–H groups in total. The van der Waals surface area contributed by atoms with Crippen LogP contribution in [0.25, 0.3) is 5.65 Å². The molecule has 1 saturated heterocycles. The number of hydrogen-bond acceptors (Lipinski definition) is 9. The fourth-order valence-electron chi connectivity index (χ4n) is 2.85. The van der Waals surface area contributed by atoms with Crippen LogP contribution in [0.4, 0.5) is 10.9 Å². The number of fused-ring (bicyclic) bond motifs is 1. The second-order valence-corrected chi connectivity index (χ2v) is 6.30. The second kappa shape index (κ2) is 6.65. The molecule has 0 radical (unpaired) electrons. The molecule has 0 spiro atoms. The highest BCUT2D eigenvalue weighted by atomic mass is 32.1. The maximum Gasteiger partial charge on any atom is 0.205 e. The zero-order chi connectivity index (χ0) is 16.4. The second-order valence-electron chi connectivity index (χ2n) is 5.57. The van der Waals surface area contributed by atoms with Gasteiger partial charge in [-0.2, -0.15) is 4.37 Å². The third kappa shape index (κ3) is 2.89. The molecule has 0 aromatic carbocycles. The van der Waals surface area contributed by atoms with Crippen molar-refractivity contribution in [3.05, 3.63) is 24.5 Å². The third-order valence-electron chi connectivity index (χ3n) is 3.99. The lowest BCUT2D eigenvalue weighted by atomic mass is 10.4. The van der Waals surface area contributed by atoms with Crippen LogP contribution in [0.3, 0.4) is 0 Å². The summed E-state index contributed by atoms with van der Waals surface area (Å²) in [5.41, 5.74) is 0.796. The van der Waals surface area contributed by atoms with E-state index in [4.69, 9.17) is 4.74 Å². The predicted octanol–water partition coefficient (Wildman–Crippen LogP) is 0.839. The molecule has 4 heterocycles. The molecule has 4 rings (SSSR count). The Kier molecular flexibility index (Phi) is 4.22. The SMILES string of the molecule is COCc1nsc(N2CCCN(c3nccn4cnnc34)CC2)n1. The van der Waals surface area contributed by atoms with Gasteiger partial charge in [-0.15, -0.1) is 10.2 Å². The van der Waals surface area contributed by atoms with Gasteiger partial charge in [0.15, 0.2) is 11.6 Å². The first-order valence-electron chi connectivity index (χ1n) is 7.81. The number of hydrogen-bond donors (Lipinski definition) is 0. The molecule has 0 bridgehead atoms. The summed E-state index contributed by atoms with van der Waals surface area (Å²) in [5.74, 6) is 1.63. The highest BCUT2D eigenvalue weighted by Gasteiger charge is 2.21. The first-order chi connectivity index (χ1) is 11.8. The van der Waals surface area contributed by atoms with Gasteiger partial charge in [0.05, 0.1) is 0 Å². The molecule has 1 aliphatic heterocycles. The summed E-state index contributed by atoms with van der Waals surface area (Å²) in [5, 5.41) is 9.11. The number of rotatable bonds is 4. The van der Waals surface area contributed by atoms with Crippen molar-refractivity contribution in [2.45, 2.75) is 13.0 Å². The smallest absolute Gasteiger partial charge is 0.205 e. The van der Waals surface area contributed by atoms with Crippen molar-refractivity contribution in [3.8, 4) is 0 Å². The van der Waals surface area contributed by atoms with Gasteiger partial charge in [0, 0.05) is 57.2 Å². The fourth-order valence-corrected chi connectivity index (χ4v) is 3.57. The highest BCUT2D eigenvalue weighted by molar-refractivity contribution is 7.09. The minimum Gasteiger partial charge on any atom is -0.377 e. The van der Waals surface area contributed by atoms with Gasteiger partial charge in [-0.25, -0.2) is 9.97 Å². The van der Waals surface area contributed by atoms with Crippen LogP contribution in [0.5, 0.6) is 0 Å². The maximum atomic E-state index is 5.09. The largest absolute Gasteiger partial charge is 0.377 e. The molecule has 1 aliphatic rings. The fraction of sp³-hybridized carbons (Fsp3) is 0.500. The topological polar surface area (TPSA) is 84.6 Å². The Balaban J connectivity index is 1.50. The Morgan fingerprint density at radius 3 is 3.00 bits per heavy atom. The van der Waals surface area contributed by atoms with Crippen molar-refractivity contribution < 1.29 is 4.74 Å². The Hall–Kier alpha value is -2.33. The van der Waals surface area contributed by atoms with E-state index in [1.807, 2.05) is 10.6 Å². The summed E-state index contributed by atoms with van der Waals surface area (Å²) >= 11 is 1.43. The van der Waals surface area contributed by atoms with Crippen LogP contribution < -0.4 is 9.80 Å². The molecule has 1 fully saturated rings. The summed E-state index contributed by atoms with van der Waals surface area (Å²) < 4.78 is 11.3. The summed E-state index contributed by atoms with van der Waals surface area (Å²) in [6.07, 6.45) is 6.37. The molecule has 0 atom stereocenters. The predicted molar refractivity (Wildman–Crippen MR) is 90.4 cm³/mol. The minimum atomic E-state index is 0.454. The molecular weight excluding hydrogens is 328 g/mol. The van der Waals surface area contributed by atoms with Gasteiger partial charge in [0.25, 0.3) is 0 Å². The molecule has 0 unspecified atom stereocenters. The summed E-state index contributed by atoms with van der Waals surface area (Å²) in [7, 11) is 1.66. The molecule has 3 aromatic rings. The standard InChI is InChI=1S/C14H18N8OS/c1-23-9-11-17-14(24-19-11)21-5-2-4-20(7-8-21)12-13-18-16-10-22(13)6-3-15-12/h3,6,10H,2,4-5,7-9H2,1H3. The number of aromatic nitrogens is 6. The van der Waals surface area contributed by atoms with E-state index in [9.17, 15) is 0 Å². The van der Waals surface area contributed by atoms with Crippen LogP contribution in [-0.4, -0.2) is 62.2 Å². The van der Waals surface area contributed by atoms with Crippen LogP contribution in [-0.2, 0) is 11.3 Å². The van der Waals surface area contributed by atoms with Gasteiger partial charge in [-0.05, 0) is 6.42 Å². The van der Waals surface area contributed by atoms with E-state index in [0.717, 1.165) is 55.0 Å². The lowest BCUT2D eigenvalue weighted by molar-refractivity contribution is 0.179. The molecule has 0 aliphatic carbocycles. The Morgan fingerprint density at radius 1 is 1.21 bits per heavy atom. The van der Waals surface area contributed by atoms with Crippen LogP contribution in [0.15, 0.2) is 18.7 Å². The zero-order valence-electron chi connectivity index (χ0n) is 13.4. The highest BCUT2D eigenvalue weighted by Crippen LogP contribution is 2.22. The van der Waals surface area contributed by atoms with Crippen molar-refractivity contribution >= 4 is 28.1 Å². The lowest BCUT2D eigenvalue weighted by Gasteiger charge is -2.22. The first-order valence-corrected chi connectivity index (χ1v) is 8.58. The van der Waals surface area contributed by atoms with Gasteiger partial charge in [-0.1, -0.05) is 0 Å². The van der Waals surface area contributed by atoms with E-state index in [2.05, 4.69) is 34.3 Å². The van der Waals surface area contributed by atoms with Gasteiger partial charge in [0.2, 0.25) is 10.8 Å². The average molecular weight is 346 g/mol.